The second kappa shape index (κ2) is 20.9. The lowest BCUT2D eigenvalue weighted by molar-refractivity contribution is -0.177. The third-order valence-electron chi connectivity index (χ3n) is 8.24. The van der Waals surface area contributed by atoms with Crippen LogP contribution in [0, 0.1) is 11.8 Å². The number of hydrogen-bond donors (Lipinski definition) is 5. The summed E-state index contributed by atoms with van der Waals surface area (Å²) in [5, 5.41) is 22.0. The molecule has 0 aromatic heterocycles. The second-order valence-corrected chi connectivity index (χ2v) is 13.7. The van der Waals surface area contributed by atoms with Gasteiger partial charge in [0.25, 0.3) is 5.91 Å². The maximum Gasteiger partial charge on any atom is 0.408 e. The summed E-state index contributed by atoms with van der Waals surface area (Å²) in [5.74, 6) is -1.20. The molecule has 13 heteroatoms. The highest BCUT2D eigenvalue weighted by Crippen LogP contribution is 2.21. The van der Waals surface area contributed by atoms with Crippen molar-refractivity contribution < 1.29 is 38.4 Å². The molecule has 0 heterocycles. The minimum atomic E-state index is -2.66. The van der Waals surface area contributed by atoms with Gasteiger partial charge in [0.15, 0.2) is 6.23 Å². The quantitative estimate of drug-likeness (QED) is 0.0705. The molecule has 6 atom stereocenters. The normalized spacial score (nSPS) is 14.5. The fourth-order valence-electron chi connectivity index (χ4n) is 5.22. The Kier molecular flexibility index (Phi) is 16.7. The lowest BCUT2D eigenvalue weighted by Gasteiger charge is -2.24. The van der Waals surface area contributed by atoms with Crippen molar-refractivity contribution >= 4 is 48.4 Å². The van der Waals surface area contributed by atoms with Crippen LogP contribution in [0.25, 0.3) is 10.8 Å². The molecule has 0 aliphatic carbocycles. The van der Waals surface area contributed by atoms with E-state index in [-0.39, 0.29) is 37.9 Å². The summed E-state index contributed by atoms with van der Waals surface area (Å²) in [6.45, 7) is 11.0. The van der Waals surface area contributed by atoms with Crippen molar-refractivity contribution in [1.82, 2.24) is 21.3 Å². The fourth-order valence-corrected chi connectivity index (χ4v) is 5.94. The van der Waals surface area contributed by atoms with Crippen LogP contribution in [-0.4, -0.2) is 65.7 Å². The van der Waals surface area contributed by atoms with Crippen molar-refractivity contribution in [2.24, 2.45) is 11.8 Å². The van der Waals surface area contributed by atoms with Crippen molar-refractivity contribution in [2.75, 3.05) is 6.61 Å². The zero-order valence-corrected chi connectivity index (χ0v) is 30.4. The van der Waals surface area contributed by atoms with Crippen LogP contribution in [0.5, 0.6) is 0 Å². The third-order valence-corrected chi connectivity index (χ3v) is 9.15. The Morgan fingerprint density at radius 1 is 0.902 bits per heavy atom. The van der Waals surface area contributed by atoms with Crippen molar-refractivity contribution in [1.29, 1.82) is 0 Å². The van der Waals surface area contributed by atoms with E-state index in [0.717, 1.165) is 34.1 Å². The van der Waals surface area contributed by atoms with Gasteiger partial charge in [-0.25, -0.2) is 4.79 Å². The van der Waals surface area contributed by atoms with E-state index in [9.17, 15) is 29.2 Å². The van der Waals surface area contributed by atoms with Gasteiger partial charge in [0, 0.05) is 6.42 Å². The molecule has 3 aromatic rings. The molecular weight excluding hydrogens is 671 g/mol. The molecule has 3 aromatic carbocycles. The SMILES string of the molecule is C=C[C@H](NC(=O)[C@H](Cc1cccc2ccccc12)NC(=O)OCc1ccccc1)C(=O)N[C@H](CC(C)C)O[P+]([O-])=CC(=O)N[C@H](CO)[C@@H](C)CC. The van der Waals surface area contributed by atoms with E-state index < -0.39 is 56.2 Å². The number of carbonyl (C=O) groups is 4. The first-order valence-electron chi connectivity index (χ1n) is 17.0. The first-order valence-corrected chi connectivity index (χ1v) is 18.2. The maximum atomic E-state index is 13.8. The predicted molar refractivity (Wildman–Crippen MR) is 197 cm³/mol. The highest BCUT2D eigenvalue weighted by Gasteiger charge is 2.29. The molecule has 0 saturated carbocycles. The number of alkyl carbamates (subject to hydrolysis) is 1. The van der Waals surface area contributed by atoms with E-state index in [2.05, 4.69) is 27.8 Å². The van der Waals surface area contributed by atoms with Crippen LogP contribution in [0.1, 0.15) is 51.7 Å². The standard InChI is InChI=1S/C38H49N4O8P/c1-6-26(5)33(22-43)39-34(44)24-51(48)50-35(20-25(3)4)42-36(45)31(7-2)40-37(46)32(41-38(47)49-23-27-14-9-8-10-15-27)21-29-18-13-17-28-16-11-12-19-30(28)29/h7-19,24-26,31-33,35,43H,2,6,20-23H2,1,3-5H3,(H,39,44)(H,40,46)(H,41,47)(H,42,45)/t26-,31-,32-,33+,35-/m0/s1. The van der Waals surface area contributed by atoms with E-state index in [4.69, 9.17) is 9.26 Å². The van der Waals surface area contributed by atoms with Gasteiger partial charge in [-0.1, -0.05) is 113 Å². The van der Waals surface area contributed by atoms with Crippen LogP contribution < -0.4 is 26.2 Å². The zero-order chi connectivity index (χ0) is 37.3. The Bertz CT molecular complexity index is 1650. The molecule has 0 saturated heterocycles. The molecule has 4 amide bonds. The summed E-state index contributed by atoms with van der Waals surface area (Å²) in [6.07, 6.45) is 0.380. The lowest BCUT2D eigenvalue weighted by Crippen LogP contribution is -2.55. The number of aliphatic hydroxyl groups excluding tert-OH is 1. The Hall–Kier alpha value is -4.61. The largest absolute Gasteiger partial charge is 0.603 e. The lowest BCUT2D eigenvalue weighted by atomic mass is 9.98. The summed E-state index contributed by atoms with van der Waals surface area (Å²) < 4.78 is 11.0. The molecule has 0 radical (unpaired) electrons. The predicted octanol–water partition coefficient (Wildman–Crippen LogP) is 3.85. The van der Waals surface area contributed by atoms with Gasteiger partial charge < -0.3 is 36.0 Å². The van der Waals surface area contributed by atoms with Crippen LogP contribution in [0.15, 0.2) is 85.5 Å². The first-order chi connectivity index (χ1) is 24.4. The van der Waals surface area contributed by atoms with E-state index in [1.165, 1.54) is 6.08 Å². The van der Waals surface area contributed by atoms with Gasteiger partial charge in [0.05, 0.1) is 12.6 Å². The Morgan fingerprint density at radius 2 is 1.59 bits per heavy atom. The molecule has 51 heavy (non-hydrogen) atoms. The molecule has 0 bridgehead atoms. The van der Waals surface area contributed by atoms with E-state index >= 15 is 0 Å². The molecule has 0 aliphatic rings. The summed E-state index contributed by atoms with van der Waals surface area (Å²) in [5.41, 5.74) is 1.56. The topological polar surface area (TPSA) is 178 Å². The number of rotatable bonds is 19. The van der Waals surface area contributed by atoms with Crippen LogP contribution in [0.3, 0.4) is 0 Å². The van der Waals surface area contributed by atoms with Gasteiger partial charge in [-0.05, 0) is 40.2 Å². The first kappa shape index (κ1) is 40.8. The van der Waals surface area contributed by atoms with Crippen molar-refractivity contribution in [3.63, 3.8) is 0 Å². The van der Waals surface area contributed by atoms with Crippen LogP contribution in [0.4, 0.5) is 4.79 Å². The molecule has 274 valence electrons. The van der Waals surface area contributed by atoms with Gasteiger partial charge in [-0.15, -0.1) is 6.58 Å². The Morgan fingerprint density at radius 3 is 2.25 bits per heavy atom. The number of fused-ring (bicyclic) bond motifs is 1. The number of nitrogens with one attached hydrogen (secondary N) is 4. The number of benzene rings is 3. The number of aliphatic hydroxyl groups is 1. The third kappa shape index (κ3) is 13.6. The summed E-state index contributed by atoms with van der Waals surface area (Å²) >= 11 is 0. The van der Waals surface area contributed by atoms with Crippen molar-refractivity contribution in [3.8, 4) is 0 Å². The molecule has 5 N–H and O–H groups in total. The highest BCUT2D eigenvalue weighted by atomic mass is 31.1. The minimum Gasteiger partial charge on any atom is -0.603 e. The molecule has 0 spiro atoms. The van der Waals surface area contributed by atoms with Crippen LogP contribution >= 0.6 is 8.00 Å². The average Bonchev–Trinajstić information content (AvgIpc) is 3.11. The van der Waals surface area contributed by atoms with Gasteiger partial charge in [0.2, 0.25) is 25.6 Å². The van der Waals surface area contributed by atoms with Gasteiger partial charge in [-0.2, -0.15) is 4.52 Å². The number of hydrogen-bond acceptors (Lipinski definition) is 8. The highest BCUT2D eigenvalue weighted by molar-refractivity contribution is 7.47. The Labute approximate surface area is 300 Å². The minimum absolute atomic E-state index is 0.00746. The number of amides is 4. The van der Waals surface area contributed by atoms with Crippen molar-refractivity contribution in [2.45, 2.75) is 77.9 Å². The maximum absolute atomic E-state index is 13.8. The van der Waals surface area contributed by atoms with E-state index in [0.29, 0.717) is 0 Å². The molecule has 0 fully saturated rings. The zero-order valence-electron chi connectivity index (χ0n) is 29.5. The molecular formula is C38H49N4O8P. The summed E-state index contributed by atoms with van der Waals surface area (Å²) in [6, 6.07) is 19.5. The number of carbonyl (C=O) groups excluding carboxylic acids is 4. The molecule has 1 unspecified atom stereocenters. The summed E-state index contributed by atoms with van der Waals surface area (Å²) in [7, 11) is -2.66. The molecule has 12 nitrogen and oxygen atoms in total. The fraction of sp³-hybridized carbons (Fsp3) is 0.395. The van der Waals surface area contributed by atoms with Gasteiger partial charge in [0.1, 0.15) is 18.7 Å². The van der Waals surface area contributed by atoms with E-state index in [1.807, 2.05) is 88.4 Å². The average molecular weight is 721 g/mol. The van der Waals surface area contributed by atoms with E-state index in [1.54, 1.807) is 12.1 Å². The summed E-state index contributed by atoms with van der Waals surface area (Å²) in [4.78, 5) is 65.4. The smallest absolute Gasteiger partial charge is 0.408 e. The monoisotopic (exact) mass is 720 g/mol. The van der Waals surface area contributed by atoms with Crippen LogP contribution in [-0.2, 0) is 36.7 Å². The molecule has 0 aliphatic heterocycles. The molecule has 3 rings (SSSR count). The van der Waals surface area contributed by atoms with Gasteiger partial charge >= 0.3 is 6.09 Å². The van der Waals surface area contributed by atoms with Crippen LogP contribution in [0.2, 0.25) is 0 Å². The Balaban J connectivity index is 1.74. The van der Waals surface area contributed by atoms with Gasteiger partial charge in [-0.3, -0.25) is 14.4 Å². The van der Waals surface area contributed by atoms with Crippen molar-refractivity contribution in [3.05, 3.63) is 96.6 Å². The second-order valence-electron chi connectivity index (χ2n) is 12.7. The number of ether oxygens (including phenoxy) is 1.